The fourth-order valence-corrected chi connectivity index (χ4v) is 5.73. The Morgan fingerprint density at radius 1 is 1.21 bits per heavy atom. The van der Waals surface area contributed by atoms with Gasteiger partial charge in [-0.15, -0.1) is 11.8 Å². The predicted octanol–water partition coefficient (Wildman–Crippen LogP) is 3.35. The number of esters is 1. The number of rotatable bonds is 5. The molecule has 0 aliphatic carbocycles. The van der Waals surface area contributed by atoms with Crippen LogP contribution in [0.5, 0.6) is 11.5 Å². The van der Waals surface area contributed by atoms with Gasteiger partial charge in [0.1, 0.15) is 6.61 Å². The lowest BCUT2D eigenvalue weighted by Crippen LogP contribution is -2.75. The number of β-lactam (4-membered cyclic amide) rings is 1. The van der Waals surface area contributed by atoms with Crippen molar-refractivity contribution >= 4 is 35.2 Å². The van der Waals surface area contributed by atoms with Crippen LogP contribution in [0.15, 0.2) is 48.5 Å². The van der Waals surface area contributed by atoms with Gasteiger partial charge in [0, 0.05) is 19.1 Å². The summed E-state index contributed by atoms with van der Waals surface area (Å²) in [5.74, 6) is 0.657. The molecule has 2 saturated heterocycles. The first-order chi connectivity index (χ1) is 16.0. The van der Waals surface area contributed by atoms with E-state index in [0.717, 1.165) is 11.5 Å². The van der Waals surface area contributed by atoms with Gasteiger partial charge in [-0.1, -0.05) is 12.1 Å². The number of benzene rings is 2. The van der Waals surface area contributed by atoms with Crippen LogP contribution in [0.3, 0.4) is 0 Å². The normalized spacial score (nSPS) is 22.6. The maximum Gasteiger partial charge on any atom is 0.355 e. The Balaban J connectivity index is 0.000000328. The van der Waals surface area contributed by atoms with Gasteiger partial charge in [-0.05, 0) is 43.7 Å². The Kier molecular flexibility index (Phi) is 5.98. The summed E-state index contributed by atoms with van der Waals surface area (Å²) in [6.45, 7) is 4.72. The van der Waals surface area contributed by atoms with Crippen molar-refractivity contribution in [3.63, 3.8) is 0 Å². The molecule has 5 rings (SSSR count). The first-order valence-corrected chi connectivity index (χ1v) is 11.4. The van der Waals surface area contributed by atoms with Gasteiger partial charge in [0.25, 0.3) is 5.69 Å². The number of ether oxygens (including phenoxy) is 2. The molecule has 0 saturated carbocycles. The third kappa shape index (κ3) is 4.18. The Bertz CT molecular complexity index is 1150. The Labute approximate surface area is 199 Å². The van der Waals surface area contributed by atoms with Gasteiger partial charge in [-0.25, -0.2) is 4.79 Å². The second-order valence-electron chi connectivity index (χ2n) is 8.49. The van der Waals surface area contributed by atoms with Gasteiger partial charge >= 0.3 is 5.97 Å². The maximum atomic E-state index is 13.0. The number of thioether (sulfide) groups is 1. The van der Waals surface area contributed by atoms with Crippen LogP contribution < -0.4 is 10.1 Å². The average Bonchev–Trinajstić information content (AvgIpc) is 3.53. The highest BCUT2D eigenvalue weighted by atomic mass is 32.2. The fourth-order valence-electron chi connectivity index (χ4n) is 4.04. The van der Waals surface area contributed by atoms with Crippen molar-refractivity contribution in [1.29, 1.82) is 0 Å². The minimum atomic E-state index is -1.59. The van der Waals surface area contributed by atoms with Crippen molar-refractivity contribution < 1.29 is 28.8 Å². The molecule has 0 radical (unpaired) electrons. The van der Waals surface area contributed by atoms with E-state index in [4.69, 9.17) is 9.47 Å². The smallest absolute Gasteiger partial charge is 0.355 e. The minimum Gasteiger partial charge on any atom is -0.458 e. The number of nitrogens with one attached hydrogen (secondary N) is 1. The van der Waals surface area contributed by atoms with E-state index in [1.807, 2.05) is 24.3 Å². The maximum absolute atomic E-state index is 13.0. The molecule has 10 nitrogen and oxygen atoms in total. The fraction of sp³-hybridized carbons (Fsp3) is 0.348. The average molecular weight is 486 g/mol. The number of carbonyl (C=O) groups is 3. The number of carbonyl (C=O) groups excluding carboxylic acids is 3. The molecular formula is C23H23N3O7S. The van der Waals surface area contributed by atoms with Crippen LogP contribution in [-0.4, -0.2) is 43.4 Å². The molecule has 0 aromatic heterocycles. The van der Waals surface area contributed by atoms with E-state index in [9.17, 15) is 24.5 Å². The summed E-state index contributed by atoms with van der Waals surface area (Å²) in [5.41, 5.74) is -1.10. The second kappa shape index (κ2) is 8.64. The molecular weight excluding hydrogens is 462 g/mol. The van der Waals surface area contributed by atoms with E-state index >= 15 is 0 Å². The lowest BCUT2D eigenvalue weighted by atomic mass is 9.89. The molecule has 2 aromatic rings. The third-order valence-corrected chi connectivity index (χ3v) is 7.30. The molecule has 11 heteroatoms. The van der Waals surface area contributed by atoms with Crippen molar-refractivity contribution in [2.24, 2.45) is 0 Å². The number of amides is 2. The number of fused-ring (bicyclic) bond motifs is 2. The molecule has 1 unspecified atom stereocenters. The Morgan fingerprint density at radius 2 is 1.82 bits per heavy atom. The van der Waals surface area contributed by atoms with Crippen LogP contribution in [0, 0.1) is 10.1 Å². The van der Waals surface area contributed by atoms with E-state index < -0.39 is 27.2 Å². The summed E-state index contributed by atoms with van der Waals surface area (Å²) < 4.78 is 9.57. The molecule has 2 aromatic carbocycles. The van der Waals surface area contributed by atoms with Gasteiger partial charge < -0.3 is 14.8 Å². The predicted molar refractivity (Wildman–Crippen MR) is 123 cm³/mol. The van der Waals surface area contributed by atoms with Crippen molar-refractivity contribution in [3.8, 4) is 11.5 Å². The highest BCUT2D eigenvalue weighted by molar-refractivity contribution is 8.01. The lowest BCUT2D eigenvalue weighted by molar-refractivity contribution is -0.384. The summed E-state index contributed by atoms with van der Waals surface area (Å²) >= 11 is 1.44. The lowest BCUT2D eigenvalue weighted by Gasteiger charge is -2.47. The summed E-state index contributed by atoms with van der Waals surface area (Å²) in [6, 6.07) is 13.4. The summed E-state index contributed by atoms with van der Waals surface area (Å²) in [4.78, 5) is 48.6. The minimum absolute atomic E-state index is 0.0675. The van der Waals surface area contributed by atoms with Crippen molar-refractivity contribution in [1.82, 2.24) is 10.2 Å². The Morgan fingerprint density at radius 3 is 2.32 bits per heavy atom. The number of nitro groups is 1. The van der Waals surface area contributed by atoms with Gasteiger partial charge in [0.15, 0.2) is 11.5 Å². The first kappa shape index (κ1) is 23.6. The summed E-state index contributed by atoms with van der Waals surface area (Å²) in [7, 11) is 0. The molecule has 3 heterocycles. The standard InChI is InChI=1S/C17H19N3O6S.C6H4O/c1-10(21)18-17(16(2,3)27-14-8-13(22)19(14)17)15(23)26-9-11-4-6-12(7-5-11)20(24)25;1-2-4-6-5(3-1)7-6/h4-7,14H,8-9H2,1-3H3,(H,18,21);1-4H/t14-,17?;/m1./s1. The van der Waals surface area contributed by atoms with E-state index in [1.54, 1.807) is 13.8 Å². The number of hydrogen-bond donors (Lipinski definition) is 1. The van der Waals surface area contributed by atoms with Crippen molar-refractivity contribution in [2.45, 2.75) is 49.6 Å². The Hall–Kier alpha value is -3.60. The molecule has 3 aliphatic heterocycles. The first-order valence-electron chi connectivity index (χ1n) is 10.5. The van der Waals surface area contributed by atoms with E-state index in [1.165, 1.54) is 47.9 Å². The van der Waals surface area contributed by atoms with Gasteiger partial charge in [-0.2, -0.15) is 0 Å². The van der Waals surface area contributed by atoms with Crippen LogP contribution in [0.25, 0.3) is 0 Å². The molecule has 2 fully saturated rings. The topological polar surface area (TPSA) is 131 Å². The number of para-hydroxylation sites is 2. The quantitative estimate of drug-likeness (QED) is 0.191. The van der Waals surface area contributed by atoms with Crippen LogP contribution in [-0.2, 0) is 25.7 Å². The summed E-state index contributed by atoms with van der Waals surface area (Å²) in [5, 5.41) is 13.2. The van der Waals surface area contributed by atoms with Gasteiger partial charge in [0.2, 0.25) is 17.5 Å². The molecule has 34 heavy (non-hydrogen) atoms. The number of hydrogen-bond acceptors (Lipinski definition) is 8. The molecule has 0 bridgehead atoms. The molecule has 1 N–H and O–H groups in total. The highest BCUT2D eigenvalue weighted by Crippen LogP contribution is 2.56. The molecule has 2 amide bonds. The van der Waals surface area contributed by atoms with Gasteiger partial charge in [0.05, 0.1) is 21.5 Å². The molecule has 3 aliphatic rings. The van der Waals surface area contributed by atoms with Gasteiger partial charge in [-0.3, -0.25) is 24.6 Å². The van der Waals surface area contributed by atoms with E-state index in [0.29, 0.717) is 12.0 Å². The zero-order chi connectivity index (χ0) is 24.7. The highest BCUT2D eigenvalue weighted by Gasteiger charge is 2.70. The molecule has 2 atom stereocenters. The van der Waals surface area contributed by atoms with Crippen LogP contribution >= 0.6 is 11.8 Å². The molecule has 0 spiro atoms. The monoisotopic (exact) mass is 485 g/mol. The SMILES string of the molecule is CC(=O)NC1(C(=O)OCc2ccc([N+](=O)[O-])cc2)N2C(=O)C[C@H]2SC1(C)C.c1ccc2c(c1)O2. The number of nitro benzene ring substituents is 1. The number of non-ortho nitro benzene ring substituents is 1. The van der Waals surface area contributed by atoms with Crippen LogP contribution in [0.4, 0.5) is 5.69 Å². The largest absolute Gasteiger partial charge is 0.458 e. The van der Waals surface area contributed by atoms with Crippen LogP contribution in [0.2, 0.25) is 0 Å². The van der Waals surface area contributed by atoms with Crippen LogP contribution in [0.1, 0.15) is 32.8 Å². The van der Waals surface area contributed by atoms with E-state index in [2.05, 4.69) is 5.32 Å². The summed E-state index contributed by atoms with van der Waals surface area (Å²) in [6.07, 6.45) is 0.311. The van der Waals surface area contributed by atoms with E-state index in [-0.39, 0.29) is 23.6 Å². The zero-order valence-electron chi connectivity index (χ0n) is 18.8. The van der Waals surface area contributed by atoms with Crippen molar-refractivity contribution in [3.05, 3.63) is 64.2 Å². The number of nitrogens with zero attached hydrogens (tertiary/aromatic N) is 2. The van der Waals surface area contributed by atoms with Crippen molar-refractivity contribution in [2.75, 3.05) is 0 Å². The molecule has 178 valence electrons. The third-order valence-electron chi connectivity index (χ3n) is 5.77. The second-order valence-corrected chi connectivity index (χ2v) is 10.3. The zero-order valence-corrected chi connectivity index (χ0v) is 19.6.